The van der Waals surface area contributed by atoms with Crippen LogP contribution in [0.3, 0.4) is 0 Å². The van der Waals surface area contributed by atoms with E-state index in [2.05, 4.69) is 29.1 Å². The van der Waals surface area contributed by atoms with Crippen molar-refractivity contribution in [3.8, 4) is 0 Å². The molecule has 1 saturated carbocycles. The van der Waals surface area contributed by atoms with Gasteiger partial charge in [-0.3, -0.25) is 0 Å². The van der Waals surface area contributed by atoms with Crippen molar-refractivity contribution in [2.75, 3.05) is 0 Å². The van der Waals surface area contributed by atoms with Crippen LogP contribution in [0.25, 0.3) is 0 Å². The molecule has 0 atom stereocenters. The van der Waals surface area contributed by atoms with E-state index >= 15 is 0 Å². The zero-order chi connectivity index (χ0) is 8.43. The second kappa shape index (κ2) is 3.26. The lowest BCUT2D eigenvalue weighted by Gasteiger charge is -2.04. The number of allylic oxidation sites excluding steroid dienone is 3. The Balaban J connectivity index is 2.94. The highest BCUT2D eigenvalue weighted by atomic mass is 79.9. The molecule has 0 bridgehead atoms. The second-order valence-corrected chi connectivity index (χ2v) is 3.71. The summed E-state index contributed by atoms with van der Waals surface area (Å²) in [5, 5.41) is 0. The Morgan fingerprint density at radius 1 is 1.45 bits per heavy atom. The molecular weight excluding hydrogens is 202 g/mol. The topological polar surface area (TPSA) is 26.0 Å². The third-order valence-electron chi connectivity index (χ3n) is 1.95. The maximum absolute atomic E-state index is 5.78. The van der Waals surface area contributed by atoms with Gasteiger partial charge in [0.2, 0.25) is 0 Å². The highest BCUT2D eigenvalue weighted by Gasteiger charge is 2.14. The van der Waals surface area contributed by atoms with Crippen molar-refractivity contribution in [1.82, 2.24) is 0 Å². The van der Waals surface area contributed by atoms with E-state index in [1.807, 2.05) is 0 Å². The first-order chi connectivity index (χ1) is 5.13. The van der Waals surface area contributed by atoms with Gasteiger partial charge in [-0.2, -0.15) is 0 Å². The maximum atomic E-state index is 5.78. The van der Waals surface area contributed by atoms with Crippen molar-refractivity contribution < 1.29 is 0 Å². The summed E-state index contributed by atoms with van der Waals surface area (Å²) in [7, 11) is 0. The quantitative estimate of drug-likeness (QED) is 0.713. The lowest BCUT2D eigenvalue weighted by molar-refractivity contribution is 0.930. The van der Waals surface area contributed by atoms with Crippen molar-refractivity contribution in [2.45, 2.75) is 19.3 Å². The van der Waals surface area contributed by atoms with E-state index in [4.69, 9.17) is 5.73 Å². The van der Waals surface area contributed by atoms with Gasteiger partial charge in [-0.15, -0.1) is 0 Å². The molecule has 1 fully saturated rings. The van der Waals surface area contributed by atoms with E-state index in [1.54, 1.807) is 0 Å². The fourth-order valence-corrected chi connectivity index (χ4v) is 1.53. The van der Waals surface area contributed by atoms with Gasteiger partial charge in [0, 0.05) is 10.2 Å². The summed E-state index contributed by atoms with van der Waals surface area (Å²) in [4.78, 5) is 0. The Labute approximate surface area is 75.8 Å². The van der Waals surface area contributed by atoms with Crippen LogP contribution in [0.4, 0.5) is 0 Å². The standard InChI is InChI=1S/C9H12BrN/c1-6-4-3-5-8(6)9(11)7(2)10/h1-5,11H2/b9-8+. The van der Waals surface area contributed by atoms with Crippen molar-refractivity contribution >= 4 is 15.9 Å². The zero-order valence-corrected chi connectivity index (χ0v) is 8.08. The summed E-state index contributed by atoms with van der Waals surface area (Å²) in [5.41, 5.74) is 8.91. The molecule has 0 unspecified atom stereocenters. The molecule has 1 rings (SSSR count). The van der Waals surface area contributed by atoms with Gasteiger partial charge in [-0.1, -0.05) is 13.2 Å². The number of halogens is 1. The van der Waals surface area contributed by atoms with Crippen LogP contribution in [0.15, 0.2) is 34.5 Å². The molecule has 0 aromatic carbocycles. The van der Waals surface area contributed by atoms with E-state index in [9.17, 15) is 0 Å². The lowest BCUT2D eigenvalue weighted by Crippen LogP contribution is -2.00. The Morgan fingerprint density at radius 3 is 2.45 bits per heavy atom. The summed E-state index contributed by atoms with van der Waals surface area (Å²) in [6, 6.07) is 0. The minimum absolute atomic E-state index is 0.771. The van der Waals surface area contributed by atoms with Crippen LogP contribution >= 0.6 is 15.9 Å². The van der Waals surface area contributed by atoms with Crippen molar-refractivity contribution in [3.63, 3.8) is 0 Å². The fourth-order valence-electron chi connectivity index (χ4n) is 1.30. The molecule has 2 N–H and O–H groups in total. The number of hydrogen-bond acceptors (Lipinski definition) is 1. The molecule has 0 aromatic heterocycles. The smallest absolute Gasteiger partial charge is 0.0487 e. The molecule has 0 aliphatic heterocycles. The Morgan fingerprint density at radius 2 is 2.09 bits per heavy atom. The first-order valence-electron chi connectivity index (χ1n) is 3.64. The largest absolute Gasteiger partial charge is 0.398 e. The molecule has 0 aromatic rings. The highest BCUT2D eigenvalue weighted by Crippen LogP contribution is 2.32. The van der Waals surface area contributed by atoms with Crippen molar-refractivity contribution in [1.29, 1.82) is 0 Å². The molecule has 11 heavy (non-hydrogen) atoms. The van der Waals surface area contributed by atoms with Gasteiger partial charge in [-0.05, 0) is 46.3 Å². The number of hydrogen-bond donors (Lipinski definition) is 1. The third-order valence-corrected chi connectivity index (χ3v) is 2.38. The maximum Gasteiger partial charge on any atom is 0.0487 e. The predicted octanol–water partition coefficient (Wildman–Crippen LogP) is 2.85. The van der Waals surface area contributed by atoms with E-state index < -0.39 is 0 Å². The Bertz CT molecular complexity index is 238. The molecule has 0 heterocycles. The van der Waals surface area contributed by atoms with Crippen LogP contribution in [0.5, 0.6) is 0 Å². The molecule has 0 amide bonds. The molecule has 0 saturated heterocycles. The number of nitrogens with two attached hydrogens (primary N) is 1. The summed E-state index contributed by atoms with van der Waals surface area (Å²) in [5.74, 6) is 0. The second-order valence-electron chi connectivity index (χ2n) is 2.75. The summed E-state index contributed by atoms with van der Waals surface area (Å²) < 4.78 is 0.774. The monoisotopic (exact) mass is 213 g/mol. The summed E-state index contributed by atoms with van der Waals surface area (Å²) in [6.07, 6.45) is 3.31. The van der Waals surface area contributed by atoms with E-state index in [0.717, 1.165) is 23.0 Å². The summed E-state index contributed by atoms with van der Waals surface area (Å²) >= 11 is 3.26. The molecule has 1 aliphatic carbocycles. The Kier molecular flexibility index (Phi) is 2.55. The lowest BCUT2D eigenvalue weighted by atomic mass is 10.1. The van der Waals surface area contributed by atoms with Gasteiger partial charge in [0.15, 0.2) is 0 Å². The average Bonchev–Trinajstić information content (AvgIpc) is 2.33. The van der Waals surface area contributed by atoms with Crippen LogP contribution in [0.1, 0.15) is 19.3 Å². The van der Waals surface area contributed by atoms with E-state index in [1.165, 1.54) is 17.6 Å². The van der Waals surface area contributed by atoms with E-state index in [-0.39, 0.29) is 0 Å². The molecule has 0 spiro atoms. The Hall–Kier alpha value is -0.500. The van der Waals surface area contributed by atoms with Crippen LogP contribution < -0.4 is 5.73 Å². The molecule has 0 radical (unpaired) electrons. The summed E-state index contributed by atoms with van der Waals surface area (Å²) in [6.45, 7) is 7.67. The van der Waals surface area contributed by atoms with Gasteiger partial charge in [0.05, 0.1) is 0 Å². The highest BCUT2D eigenvalue weighted by molar-refractivity contribution is 9.11. The predicted molar refractivity (Wildman–Crippen MR) is 52.3 cm³/mol. The first kappa shape index (κ1) is 8.60. The van der Waals surface area contributed by atoms with Gasteiger partial charge >= 0.3 is 0 Å². The molecule has 2 heteroatoms. The van der Waals surface area contributed by atoms with Crippen LogP contribution in [-0.4, -0.2) is 0 Å². The first-order valence-corrected chi connectivity index (χ1v) is 4.43. The van der Waals surface area contributed by atoms with Gasteiger partial charge in [0.1, 0.15) is 0 Å². The molecular formula is C9H12BrN. The normalized spacial score (nSPS) is 22.1. The van der Waals surface area contributed by atoms with Crippen molar-refractivity contribution in [2.24, 2.45) is 5.73 Å². The van der Waals surface area contributed by atoms with Crippen molar-refractivity contribution in [3.05, 3.63) is 34.5 Å². The average molecular weight is 214 g/mol. The van der Waals surface area contributed by atoms with Gasteiger partial charge in [0.25, 0.3) is 0 Å². The third kappa shape index (κ3) is 1.74. The van der Waals surface area contributed by atoms with Gasteiger partial charge < -0.3 is 5.73 Å². The van der Waals surface area contributed by atoms with Crippen LogP contribution in [0.2, 0.25) is 0 Å². The van der Waals surface area contributed by atoms with Gasteiger partial charge in [-0.25, -0.2) is 0 Å². The molecule has 1 aliphatic rings. The minimum atomic E-state index is 0.771. The van der Waals surface area contributed by atoms with E-state index in [0.29, 0.717) is 0 Å². The fraction of sp³-hybridized carbons (Fsp3) is 0.333. The number of rotatable bonds is 1. The minimum Gasteiger partial charge on any atom is -0.398 e. The molecule has 1 nitrogen and oxygen atoms in total. The zero-order valence-electron chi connectivity index (χ0n) is 6.49. The van der Waals surface area contributed by atoms with Crippen LogP contribution in [0, 0.1) is 0 Å². The van der Waals surface area contributed by atoms with Crippen LogP contribution in [-0.2, 0) is 0 Å². The molecule has 60 valence electrons. The SMILES string of the molecule is C=C(Br)/C(N)=C1/CCCC1=C.